The van der Waals surface area contributed by atoms with Crippen molar-refractivity contribution < 1.29 is 17.9 Å². The average Bonchev–Trinajstić information content (AvgIpc) is 2.18. The van der Waals surface area contributed by atoms with Crippen molar-refractivity contribution in [2.24, 2.45) is 0 Å². The third-order valence-corrected chi connectivity index (χ3v) is 3.81. The summed E-state index contributed by atoms with van der Waals surface area (Å²) in [7, 11) is -3.55. The molecule has 0 aromatic carbocycles. The number of hydrogen-bond donors (Lipinski definition) is 2. The van der Waals surface area contributed by atoms with Crippen LogP contribution in [0.4, 0.5) is 0 Å². The molecule has 7 heteroatoms. The van der Waals surface area contributed by atoms with Crippen molar-refractivity contribution in [1.29, 1.82) is 0 Å². The Morgan fingerprint density at radius 2 is 2.20 bits per heavy atom. The molecular formula is C8H16N2O4S. The fourth-order valence-corrected chi connectivity index (χ4v) is 1.71. The summed E-state index contributed by atoms with van der Waals surface area (Å²) in [6.45, 7) is 4.46. The molecule has 15 heavy (non-hydrogen) atoms. The molecule has 1 rings (SSSR count). The summed E-state index contributed by atoms with van der Waals surface area (Å²) in [6, 6.07) is 0. The smallest absolute Gasteiger partial charge is 0.263 e. The SMILES string of the molecule is CC(C)S(=O)(=O)NC(=O)C1CNCCO1. The molecule has 1 aliphatic heterocycles. The van der Waals surface area contributed by atoms with E-state index in [0.29, 0.717) is 19.7 Å². The van der Waals surface area contributed by atoms with E-state index in [1.54, 1.807) is 0 Å². The van der Waals surface area contributed by atoms with Crippen LogP contribution < -0.4 is 10.0 Å². The Labute approximate surface area is 89.4 Å². The van der Waals surface area contributed by atoms with E-state index in [1.165, 1.54) is 13.8 Å². The summed E-state index contributed by atoms with van der Waals surface area (Å²) in [5.41, 5.74) is 0. The van der Waals surface area contributed by atoms with Gasteiger partial charge in [-0.3, -0.25) is 9.52 Å². The van der Waals surface area contributed by atoms with Gasteiger partial charge in [0, 0.05) is 13.1 Å². The molecule has 88 valence electrons. The predicted octanol–water partition coefficient (Wildman–Crippen LogP) is -1.17. The number of amides is 1. The second-order valence-electron chi connectivity index (χ2n) is 3.62. The maximum absolute atomic E-state index is 11.5. The minimum Gasteiger partial charge on any atom is -0.366 e. The molecule has 0 aromatic heterocycles. The van der Waals surface area contributed by atoms with Gasteiger partial charge in [-0.2, -0.15) is 0 Å². The molecule has 1 atom stereocenters. The van der Waals surface area contributed by atoms with Crippen LogP contribution in [0.3, 0.4) is 0 Å². The molecule has 0 radical (unpaired) electrons. The molecule has 0 saturated carbocycles. The van der Waals surface area contributed by atoms with Gasteiger partial charge in [0.1, 0.15) is 6.10 Å². The molecule has 0 spiro atoms. The third kappa shape index (κ3) is 3.44. The highest BCUT2D eigenvalue weighted by molar-refractivity contribution is 7.90. The lowest BCUT2D eigenvalue weighted by atomic mass is 10.3. The van der Waals surface area contributed by atoms with E-state index >= 15 is 0 Å². The number of ether oxygens (including phenoxy) is 1. The van der Waals surface area contributed by atoms with Crippen LogP contribution in [-0.2, 0) is 19.6 Å². The Balaban J connectivity index is 2.55. The van der Waals surface area contributed by atoms with Gasteiger partial charge in [-0.25, -0.2) is 8.42 Å². The van der Waals surface area contributed by atoms with Gasteiger partial charge >= 0.3 is 0 Å². The Bertz CT molecular complexity index is 320. The Morgan fingerprint density at radius 3 is 2.67 bits per heavy atom. The summed E-state index contributed by atoms with van der Waals surface area (Å²) in [4.78, 5) is 11.5. The van der Waals surface area contributed by atoms with Gasteiger partial charge in [-0.05, 0) is 13.8 Å². The normalized spacial score (nSPS) is 22.7. The first-order valence-corrected chi connectivity index (χ1v) is 6.36. The van der Waals surface area contributed by atoms with Crippen LogP contribution in [-0.4, -0.2) is 45.4 Å². The highest BCUT2D eigenvalue weighted by Gasteiger charge is 2.27. The zero-order valence-corrected chi connectivity index (χ0v) is 9.63. The van der Waals surface area contributed by atoms with E-state index in [1.807, 2.05) is 4.72 Å². The number of carbonyl (C=O) groups is 1. The molecule has 0 bridgehead atoms. The van der Waals surface area contributed by atoms with Crippen molar-refractivity contribution in [2.45, 2.75) is 25.2 Å². The quantitative estimate of drug-likeness (QED) is 0.645. The van der Waals surface area contributed by atoms with Crippen molar-refractivity contribution in [2.75, 3.05) is 19.7 Å². The summed E-state index contributed by atoms with van der Waals surface area (Å²) < 4.78 is 29.9. The maximum Gasteiger partial charge on any atom is 0.263 e. The lowest BCUT2D eigenvalue weighted by molar-refractivity contribution is -0.132. The summed E-state index contributed by atoms with van der Waals surface area (Å²) in [5, 5.41) is 2.32. The van der Waals surface area contributed by atoms with Crippen LogP contribution in [0.1, 0.15) is 13.8 Å². The molecule has 0 aromatic rings. The molecule has 1 heterocycles. The number of morpholine rings is 1. The largest absolute Gasteiger partial charge is 0.366 e. The average molecular weight is 236 g/mol. The molecule has 1 amide bonds. The van der Waals surface area contributed by atoms with Crippen LogP contribution in [0.25, 0.3) is 0 Å². The zero-order valence-electron chi connectivity index (χ0n) is 8.82. The molecule has 0 aliphatic carbocycles. The monoisotopic (exact) mass is 236 g/mol. The van der Waals surface area contributed by atoms with E-state index in [-0.39, 0.29) is 0 Å². The van der Waals surface area contributed by atoms with Crippen LogP contribution in [0.2, 0.25) is 0 Å². The first-order chi connectivity index (χ1) is 6.93. The van der Waals surface area contributed by atoms with Gasteiger partial charge < -0.3 is 10.1 Å². The Hall–Kier alpha value is -0.660. The second-order valence-corrected chi connectivity index (χ2v) is 5.86. The van der Waals surface area contributed by atoms with Crippen LogP contribution in [0, 0.1) is 0 Å². The van der Waals surface area contributed by atoms with Gasteiger partial charge in [0.2, 0.25) is 10.0 Å². The molecule has 1 saturated heterocycles. The van der Waals surface area contributed by atoms with Gasteiger partial charge in [0.25, 0.3) is 5.91 Å². The Kier molecular flexibility index (Phi) is 4.06. The fourth-order valence-electron chi connectivity index (χ4n) is 1.06. The summed E-state index contributed by atoms with van der Waals surface area (Å²) in [6.07, 6.45) is -0.715. The van der Waals surface area contributed by atoms with Crippen molar-refractivity contribution >= 4 is 15.9 Å². The molecule has 2 N–H and O–H groups in total. The van der Waals surface area contributed by atoms with E-state index in [2.05, 4.69) is 5.32 Å². The van der Waals surface area contributed by atoms with Crippen molar-refractivity contribution in [3.63, 3.8) is 0 Å². The first kappa shape index (κ1) is 12.4. The molecule has 1 fully saturated rings. The second kappa shape index (κ2) is 4.91. The first-order valence-electron chi connectivity index (χ1n) is 4.81. The number of nitrogens with one attached hydrogen (secondary N) is 2. The van der Waals surface area contributed by atoms with E-state index in [9.17, 15) is 13.2 Å². The van der Waals surface area contributed by atoms with Gasteiger partial charge in [0.05, 0.1) is 11.9 Å². The third-order valence-electron chi connectivity index (χ3n) is 2.08. The number of rotatable bonds is 3. The van der Waals surface area contributed by atoms with Crippen molar-refractivity contribution in [1.82, 2.24) is 10.0 Å². The lowest BCUT2D eigenvalue weighted by Gasteiger charge is -2.23. The van der Waals surface area contributed by atoms with Crippen molar-refractivity contribution in [3.8, 4) is 0 Å². The van der Waals surface area contributed by atoms with E-state index in [0.717, 1.165) is 0 Å². The number of carbonyl (C=O) groups excluding carboxylic acids is 1. The minimum absolute atomic E-state index is 0.347. The maximum atomic E-state index is 11.5. The highest BCUT2D eigenvalue weighted by atomic mass is 32.2. The van der Waals surface area contributed by atoms with E-state index < -0.39 is 27.3 Å². The van der Waals surface area contributed by atoms with Crippen LogP contribution >= 0.6 is 0 Å². The van der Waals surface area contributed by atoms with Crippen LogP contribution in [0.5, 0.6) is 0 Å². The molecular weight excluding hydrogens is 220 g/mol. The van der Waals surface area contributed by atoms with Gasteiger partial charge in [0.15, 0.2) is 0 Å². The number of sulfonamides is 1. The van der Waals surface area contributed by atoms with Gasteiger partial charge in [-0.1, -0.05) is 0 Å². The van der Waals surface area contributed by atoms with Crippen molar-refractivity contribution in [3.05, 3.63) is 0 Å². The number of hydrogen-bond acceptors (Lipinski definition) is 5. The Morgan fingerprint density at radius 1 is 1.53 bits per heavy atom. The molecule has 6 nitrogen and oxygen atoms in total. The summed E-state index contributed by atoms with van der Waals surface area (Å²) in [5.74, 6) is -0.601. The van der Waals surface area contributed by atoms with E-state index in [4.69, 9.17) is 4.74 Å². The standard InChI is InChI=1S/C8H16N2O4S/c1-6(2)15(12,13)10-8(11)7-5-9-3-4-14-7/h6-7,9H,3-5H2,1-2H3,(H,10,11). The topological polar surface area (TPSA) is 84.5 Å². The zero-order chi connectivity index (χ0) is 11.5. The fraction of sp³-hybridized carbons (Fsp3) is 0.875. The molecule has 1 unspecified atom stereocenters. The minimum atomic E-state index is -3.55. The molecule has 1 aliphatic rings. The summed E-state index contributed by atoms with van der Waals surface area (Å²) >= 11 is 0. The lowest BCUT2D eigenvalue weighted by Crippen LogP contribution is -2.50. The van der Waals surface area contributed by atoms with Crippen LogP contribution in [0.15, 0.2) is 0 Å². The van der Waals surface area contributed by atoms with Gasteiger partial charge in [-0.15, -0.1) is 0 Å². The highest BCUT2D eigenvalue weighted by Crippen LogP contribution is 2.00. The predicted molar refractivity (Wildman–Crippen MR) is 54.8 cm³/mol.